The first kappa shape index (κ1) is 26.8. The normalized spacial score (nSPS) is 14.7. The van der Waals surface area contributed by atoms with Crippen molar-refractivity contribution in [3.8, 4) is 0 Å². The predicted octanol–water partition coefficient (Wildman–Crippen LogP) is -2.73. The molecule has 0 saturated carbocycles. The van der Waals surface area contributed by atoms with Crippen molar-refractivity contribution in [3.63, 3.8) is 0 Å². The van der Waals surface area contributed by atoms with Crippen molar-refractivity contribution in [2.75, 3.05) is 0 Å². The molecule has 4 amide bonds. The second kappa shape index (κ2) is 12.4. The molecule has 0 aliphatic heterocycles. The van der Waals surface area contributed by atoms with Crippen molar-refractivity contribution in [2.45, 2.75) is 64.2 Å². The minimum Gasteiger partial charge on any atom is -0.481 e. The Morgan fingerprint density at radius 1 is 0.833 bits per heavy atom. The van der Waals surface area contributed by atoms with E-state index in [4.69, 9.17) is 21.7 Å². The Balaban J connectivity index is 5.44. The molecule has 4 unspecified atom stereocenters. The van der Waals surface area contributed by atoms with Crippen molar-refractivity contribution in [2.24, 2.45) is 17.4 Å². The van der Waals surface area contributed by atoms with Crippen LogP contribution in [-0.2, 0) is 28.8 Å². The first-order valence-corrected chi connectivity index (χ1v) is 9.15. The number of carboxylic acids is 2. The van der Waals surface area contributed by atoms with Gasteiger partial charge in [0.2, 0.25) is 23.6 Å². The highest BCUT2D eigenvalue weighted by atomic mass is 16.4. The Labute approximate surface area is 172 Å². The summed E-state index contributed by atoms with van der Waals surface area (Å²) >= 11 is 0. The molecule has 30 heavy (non-hydrogen) atoms. The molecule has 0 saturated heterocycles. The zero-order valence-electron chi connectivity index (χ0n) is 17.0. The van der Waals surface area contributed by atoms with Gasteiger partial charge in [-0.15, -0.1) is 0 Å². The summed E-state index contributed by atoms with van der Waals surface area (Å²) in [6.07, 6.45) is -1.37. The van der Waals surface area contributed by atoms with E-state index in [1.54, 1.807) is 13.8 Å². The van der Waals surface area contributed by atoms with Crippen molar-refractivity contribution in [1.29, 1.82) is 0 Å². The van der Waals surface area contributed by atoms with Gasteiger partial charge in [-0.25, -0.2) is 0 Å². The molecule has 0 radical (unpaired) electrons. The van der Waals surface area contributed by atoms with Gasteiger partial charge in [0.25, 0.3) is 0 Å². The van der Waals surface area contributed by atoms with Crippen LogP contribution in [0.25, 0.3) is 0 Å². The second-order valence-corrected chi connectivity index (χ2v) is 7.06. The molecule has 9 N–H and O–H groups in total. The van der Waals surface area contributed by atoms with Gasteiger partial charge in [0, 0.05) is 6.42 Å². The summed E-state index contributed by atoms with van der Waals surface area (Å²) in [5, 5.41) is 24.5. The van der Waals surface area contributed by atoms with Crippen molar-refractivity contribution in [3.05, 3.63) is 0 Å². The van der Waals surface area contributed by atoms with Gasteiger partial charge in [-0.3, -0.25) is 28.8 Å². The molecule has 0 aliphatic carbocycles. The highest BCUT2D eigenvalue weighted by molar-refractivity contribution is 5.95. The average molecular weight is 431 g/mol. The molecule has 0 bridgehead atoms. The van der Waals surface area contributed by atoms with E-state index >= 15 is 0 Å². The Kier molecular flexibility index (Phi) is 11.0. The predicted molar refractivity (Wildman–Crippen MR) is 103 cm³/mol. The van der Waals surface area contributed by atoms with Crippen LogP contribution in [0.3, 0.4) is 0 Å². The monoisotopic (exact) mass is 431 g/mol. The van der Waals surface area contributed by atoms with Crippen LogP contribution in [0.4, 0.5) is 0 Å². The van der Waals surface area contributed by atoms with Crippen LogP contribution in [0.1, 0.15) is 40.0 Å². The van der Waals surface area contributed by atoms with Gasteiger partial charge in [-0.05, 0) is 19.3 Å². The summed E-state index contributed by atoms with van der Waals surface area (Å²) in [4.78, 5) is 70.0. The van der Waals surface area contributed by atoms with Crippen LogP contribution < -0.4 is 27.4 Å². The van der Waals surface area contributed by atoms with Gasteiger partial charge in [-0.1, -0.05) is 13.8 Å². The molecule has 170 valence electrons. The van der Waals surface area contributed by atoms with Crippen LogP contribution >= 0.6 is 0 Å². The minimum absolute atomic E-state index is 0.265. The third kappa shape index (κ3) is 9.82. The Hall–Kier alpha value is -3.22. The van der Waals surface area contributed by atoms with Crippen LogP contribution in [0.5, 0.6) is 0 Å². The van der Waals surface area contributed by atoms with E-state index in [1.165, 1.54) is 6.92 Å². The van der Waals surface area contributed by atoms with Gasteiger partial charge in [0.15, 0.2) is 0 Å². The third-order valence-electron chi connectivity index (χ3n) is 4.07. The van der Waals surface area contributed by atoms with Gasteiger partial charge in [0.05, 0.1) is 12.5 Å². The van der Waals surface area contributed by atoms with Crippen molar-refractivity contribution in [1.82, 2.24) is 16.0 Å². The maximum atomic E-state index is 12.5. The number of rotatable bonds is 13. The minimum atomic E-state index is -1.56. The fraction of sp³-hybridized carbons (Fsp3) is 0.647. The average Bonchev–Trinajstić information content (AvgIpc) is 2.62. The fourth-order valence-electron chi connectivity index (χ4n) is 2.16. The lowest BCUT2D eigenvalue weighted by molar-refractivity contribution is -0.143. The number of carbonyl (C=O) groups is 6. The third-order valence-corrected chi connectivity index (χ3v) is 4.07. The Morgan fingerprint density at radius 2 is 1.33 bits per heavy atom. The summed E-state index contributed by atoms with van der Waals surface area (Å²) < 4.78 is 0. The number of carbonyl (C=O) groups excluding carboxylic acids is 4. The number of primary amides is 1. The van der Waals surface area contributed by atoms with Crippen LogP contribution in [-0.4, -0.2) is 69.9 Å². The van der Waals surface area contributed by atoms with Crippen LogP contribution in [0.2, 0.25) is 0 Å². The van der Waals surface area contributed by atoms with E-state index in [2.05, 4.69) is 16.0 Å². The fourth-order valence-corrected chi connectivity index (χ4v) is 2.16. The smallest absolute Gasteiger partial charge is 0.325 e. The molecule has 13 heteroatoms. The maximum Gasteiger partial charge on any atom is 0.325 e. The molecule has 0 spiro atoms. The molecular formula is C17H29N5O8. The lowest BCUT2D eigenvalue weighted by atomic mass is 10.0. The van der Waals surface area contributed by atoms with E-state index < -0.39 is 66.2 Å². The first-order chi connectivity index (χ1) is 13.8. The zero-order valence-corrected chi connectivity index (χ0v) is 17.0. The topological polar surface area (TPSA) is 231 Å². The van der Waals surface area contributed by atoms with E-state index in [-0.39, 0.29) is 18.8 Å². The second-order valence-electron chi connectivity index (χ2n) is 7.06. The highest BCUT2D eigenvalue weighted by Gasteiger charge is 2.31. The molecule has 0 heterocycles. The van der Waals surface area contributed by atoms with E-state index in [9.17, 15) is 28.8 Å². The number of amides is 4. The lowest BCUT2D eigenvalue weighted by Gasteiger charge is -2.24. The standard InChI is InChI=1S/C17H29N5O8/c1-7(2)13(19)16(28)22-10(6-12(24)25)15(27)21-9(4-5-11(18)23)14(26)20-8(3)17(29)30/h7-10,13H,4-6,19H2,1-3H3,(H2,18,23)(H,20,26)(H,21,27)(H,22,28)(H,24,25)(H,29,30). The number of nitrogens with one attached hydrogen (secondary N) is 3. The molecule has 13 nitrogen and oxygen atoms in total. The van der Waals surface area contributed by atoms with Gasteiger partial charge < -0.3 is 37.6 Å². The number of nitrogens with two attached hydrogens (primary N) is 2. The van der Waals surface area contributed by atoms with Gasteiger partial charge in [-0.2, -0.15) is 0 Å². The quantitative estimate of drug-likeness (QED) is 0.160. The summed E-state index contributed by atoms with van der Waals surface area (Å²) in [6, 6.07) is -5.23. The summed E-state index contributed by atoms with van der Waals surface area (Å²) in [5.41, 5.74) is 10.7. The molecular weight excluding hydrogens is 402 g/mol. The maximum absolute atomic E-state index is 12.5. The van der Waals surface area contributed by atoms with Gasteiger partial charge in [0.1, 0.15) is 18.1 Å². The zero-order chi connectivity index (χ0) is 23.6. The van der Waals surface area contributed by atoms with Crippen LogP contribution in [0.15, 0.2) is 0 Å². The van der Waals surface area contributed by atoms with Gasteiger partial charge >= 0.3 is 11.9 Å². The summed E-state index contributed by atoms with van der Waals surface area (Å²) in [7, 11) is 0. The largest absolute Gasteiger partial charge is 0.481 e. The number of aliphatic carboxylic acids is 2. The molecule has 4 atom stereocenters. The Morgan fingerprint density at radius 3 is 1.77 bits per heavy atom. The first-order valence-electron chi connectivity index (χ1n) is 9.15. The number of carboxylic acid groups (broad SMARTS) is 2. The summed E-state index contributed by atoms with van der Waals surface area (Å²) in [6.45, 7) is 4.50. The lowest BCUT2D eigenvalue weighted by Crippen LogP contribution is -2.57. The Bertz CT molecular complexity index is 681. The van der Waals surface area contributed by atoms with Crippen molar-refractivity contribution < 1.29 is 39.0 Å². The molecule has 0 aromatic rings. The number of hydrogen-bond donors (Lipinski definition) is 7. The van der Waals surface area contributed by atoms with Crippen molar-refractivity contribution >= 4 is 35.6 Å². The molecule has 0 aromatic carbocycles. The van der Waals surface area contributed by atoms with E-state index in [1.807, 2.05) is 0 Å². The van der Waals surface area contributed by atoms with E-state index in [0.717, 1.165) is 0 Å². The number of hydrogen-bond acceptors (Lipinski definition) is 7. The van der Waals surface area contributed by atoms with E-state index in [0.29, 0.717) is 0 Å². The SMILES string of the molecule is CC(NC(=O)C(CCC(N)=O)NC(=O)C(CC(=O)O)NC(=O)C(N)C(C)C)C(=O)O. The molecule has 0 aliphatic rings. The van der Waals surface area contributed by atoms with Crippen LogP contribution in [0, 0.1) is 5.92 Å². The highest BCUT2D eigenvalue weighted by Crippen LogP contribution is 2.04. The summed E-state index contributed by atoms with van der Waals surface area (Å²) in [5.74, 6) is -6.48. The molecule has 0 aromatic heterocycles. The molecule has 0 fully saturated rings. The molecule has 0 rings (SSSR count).